The number of nitrogens with one attached hydrogen (secondary N) is 2. The van der Waals surface area contributed by atoms with Gasteiger partial charge in [0.1, 0.15) is 6.04 Å². The van der Waals surface area contributed by atoms with Gasteiger partial charge in [0.15, 0.2) is 0 Å². The van der Waals surface area contributed by atoms with E-state index in [0.717, 1.165) is 17.7 Å². The molecular weight excluding hydrogens is 296 g/mol. The van der Waals surface area contributed by atoms with E-state index in [1.54, 1.807) is 11.0 Å². The average molecular weight is 318 g/mol. The van der Waals surface area contributed by atoms with Gasteiger partial charge in [0, 0.05) is 24.8 Å². The summed E-state index contributed by atoms with van der Waals surface area (Å²) in [5.74, 6) is -0.406. The van der Waals surface area contributed by atoms with Crippen LogP contribution in [0.1, 0.15) is 26.3 Å². The predicted octanol–water partition coefficient (Wildman–Crippen LogP) is 1.23. The topological polar surface area (TPSA) is 105 Å². The number of hydrogen-bond acceptors (Lipinski definition) is 3. The third-order valence-corrected chi connectivity index (χ3v) is 3.87. The fourth-order valence-electron chi connectivity index (χ4n) is 2.71. The zero-order chi connectivity index (χ0) is 17.1. The number of carbonyl (C=O) groups is 3. The molecule has 4 amide bonds. The minimum absolute atomic E-state index is 0.00562. The molecule has 0 unspecified atom stereocenters. The van der Waals surface area contributed by atoms with Crippen molar-refractivity contribution in [3.05, 3.63) is 23.8 Å². The predicted molar refractivity (Wildman–Crippen MR) is 88.1 cm³/mol. The largest absolute Gasteiger partial charge is 0.352 e. The second-order valence-corrected chi connectivity index (χ2v) is 5.98. The van der Waals surface area contributed by atoms with Crippen LogP contribution in [0.3, 0.4) is 0 Å². The van der Waals surface area contributed by atoms with Crippen molar-refractivity contribution in [2.24, 2.45) is 11.7 Å². The van der Waals surface area contributed by atoms with Gasteiger partial charge in [-0.1, -0.05) is 13.8 Å². The van der Waals surface area contributed by atoms with Crippen molar-refractivity contribution in [3.8, 4) is 0 Å². The van der Waals surface area contributed by atoms with Gasteiger partial charge in [-0.15, -0.1) is 0 Å². The van der Waals surface area contributed by atoms with Crippen molar-refractivity contribution in [1.82, 2.24) is 5.32 Å². The molecule has 4 N–H and O–H groups in total. The summed E-state index contributed by atoms with van der Waals surface area (Å²) >= 11 is 0. The minimum atomic E-state index is -0.732. The number of primary amides is 1. The zero-order valence-electron chi connectivity index (χ0n) is 13.6. The van der Waals surface area contributed by atoms with E-state index in [4.69, 9.17) is 5.73 Å². The average Bonchev–Trinajstić information content (AvgIpc) is 2.87. The molecule has 1 atom stereocenters. The maximum atomic E-state index is 12.3. The van der Waals surface area contributed by atoms with Gasteiger partial charge < -0.3 is 21.3 Å². The van der Waals surface area contributed by atoms with E-state index >= 15 is 0 Å². The third-order valence-electron chi connectivity index (χ3n) is 3.87. The van der Waals surface area contributed by atoms with E-state index < -0.39 is 12.1 Å². The summed E-state index contributed by atoms with van der Waals surface area (Å²) in [4.78, 5) is 36.6. The van der Waals surface area contributed by atoms with Crippen molar-refractivity contribution in [3.63, 3.8) is 0 Å². The molecule has 1 aliphatic heterocycles. The number of anilines is 2. The van der Waals surface area contributed by atoms with E-state index in [2.05, 4.69) is 10.6 Å². The van der Waals surface area contributed by atoms with Gasteiger partial charge in [-0.05, 0) is 36.1 Å². The Bertz CT molecular complexity index is 642. The third kappa shape index (κ3) is 3.80. The summed E-state index contributed by atoms with van der Waals surface area (Å²) in [5, 5.41) is 5.24. The zero-order valence-corrected chi connectivity index (χ0v) is 13.6. The molecule has 124 valence electrons. The molecule has 0 fully saturated rings. The molecule has 1 aromatic rings. The molecular formula is C16H22N4O3. The smallest absolute Gasteiger partial charge is 0.312 e. The number of hydrogen-bond donors (Lipinski definition) is 3. The summed E-state index contributed by atoms with van der Waals surface area (Å²) in [6.45, 7) is 5.84. The molecule has 7 heteroatoms. The molecule has 0 aromatic heterocycles. The summed E-state index contributed by atoms with van der Waals surface area (Å²) in [6.07, 6.45) is 0.756. The van der Waals surface area contributed by atoms with Crippen LogP contribution >= 0.6 is 0 Å². The van der Waals surface area contributed by atoms with Crippen LogP contribution in [-0.4, -0.2) is 30.4 Å². The number of rotatable bonds is 4. The molecule has 0 bridgehead atoms. The molecule has 0 saturated heterocycles. The molecule has 0 spiro atoms. The highest BCUT2D eigenvalue weighted by Crippen LogP contribution is 2.30. The van der Waals surface area contributed by atoms with Gasteiger partial charge >= 0.3 is 6.03 Å². The van der Waals surface area contributed by atoms with Crippen LogP contribution in [0.2, 0.25) is 0 Å². The molecule has 2 rings (SSSR count). The van der Waals surface area contributed by atoms with Gasteiger partial charge in [-0.2, -0.15) is 0 Å². The lowest BCUT2D eigenvalue weighted by Gasteiger charge is -2.21. The van der Waals surface area contributed by atoms with Crippen molar-refractivity contribution in [1.29, 1.82) is 0 Å². The highest BCUT2D eigenvalue weighted by molar-refractivity contribution is 5.98. The number of amides is 4. The van der Waals surface area contributed by atoms with Crippen LogP contribution in [0.5, 0.6) is 0 Å². The van der Waals surface area contributed by atoms with Gasteiger partial charge in [0.2, 0.25) is 11.8 Å². The molecule has 7 nitrogen and oxygen atoms in total. The van der Waals surface area contributed by atoms with Crippen LogP contribution < -0.4 is 21.3 Å². The van der Waals surface area contributed by atoms with Crippen LogP contribution in [0, 0.1) is 5.92 Å². The Labute approximate surface area is 135 Å². The van der Waals surface area contributed by atoms with Gasteiger partial charge in [-0.25, -0.2) is 4.79 Å². The standard InChI is InChI=1S/C16H22N4O3/c1-9(2)14(19-16(17)23)15(22)18-12-4-5-13-11(8-12)6-7-20(13)10(3)21/h4-5,8-9,14H,6-7H2,1-3H3,(H,18,22)(H3,17,19,23)/t14-/m1/s1. The first-order valence-corrected chi connectivity index (χ1v) is 7.57. The summed E-state index contributed by atoms with van der Waals surface area (Å²) in [6, 6.07) is 4.00. The van der Waals surface area contributed by atoms with Crippen molar-refractivity contribution >= 4 is 29.2 Å². The monoisotopic (exact) mass is 318 g/mol. The lowest BCUT2D eigenvalue weighted by Crippen LogP contribution is -2.49. The van der Waals surface area contributed by atoms with Gasteiger partial charge in [-0.3, -0.25) is 9.59 Å². The second kappa shape index (κ2) is 6.68. The van der Waals surface area contributed by atoms with Crippen LogP contribution in [0.15, 0.2) is 18.2 Å². The molecule has 0 radical (unpaired) electrons. The summed E-state index contributed by atoms with van der Waals surface area (Å²) in [7, 11) is 0. The molecule has 0 aliphatic carbocycles. The molecule has 1 heterocycles. The molecule has 1 aromatic carbocycles. The molecule has 23 heavy (non-hydrogen) atoms. The Hall–Kier alpha value is -2.57. The number of urea groups is 1. The second-order valence-electron chi connectivity index (χ2n) is 5.98. The van der Waals surface area contributed by atoms with Crippen LogP contribution in [0.25, 0.3) is 0 Å². The Balaban J connectivity index is 2.13. The van der Waals surface area contributed by atoms with Crippen molar-refractivity contribution < 1.29 is 14.4 Å². The fourth-order valence-corrected chi connectivity index (χ4v) is 2.71. The number of nitrogens with two attached hydrogens (primary N) is 1. The maximum Gasteiger partial charge on any atom is 0.312 e. The Kier molecular flexibility index (Phi) is 4.88. The first-order chi connectivity index (χ1) is 10.8. The molecule has 1 aliphatic rings. The Morgan fingerprint density at radius 3 is 2.52 bits per heavy atom. The SMILES string of the molecule is CC(=O)N1CCc2cc(NC(=O)[C@H](NC(N)=O)C(C)C)ccc21. The fraction of sp³-hybridized carbons (Fsp3) is 0.438. The van der Waals surface area contributed by atoms with Crippen molar-refractivity contribution in [2.45, 2.75) is 33.2 Å². The van der Waals surface area contributed by atoms with Gasteiger partial charge in [0.25, 0.3) is 0 Å². The maximum absolute atomic E-state index is 12.3. The Morgan fingerprint density at radius 2 is 1.96 bits per heavy atom. The normalized spacial score (nSPS) is 14.3. The lowest BCUT2D eigenvalue weighted by atomic mass is 10.0. The summed E-state index contributed by atoms with van der Waals surface area (Å²) < 4.78 is 0. The van der Waals surface area contributed by atoms with Crippen molar-refractivity contribution in [2.75, 3.05) is 16.8 Å². The van der Waals surface area contributed by atoms with Crippen LogP contribution in [-0.2, 0) is 16.0 Å². The number of fused-ring (bicyclic) bond motifs is 1. The Morgan fingerprint density at radius 1 is 1.26 bits per heavy atom. The van der Waals surface area contributed by atoms with E-state index in [0.29, 0.717) is 12.2 Å². The first kappa shape index (κ1) is 16.8. The van der Waals surface area contributed by atoms with E-state index in [-0.39, 0.29) is 17.7 Å². The number of benzene rings is 1. The lowest BCUT2D eigenvalue weighted by molar-refractivity contribution is -0.119. The number of nitrogens with zero attached hydrogens (tertiary/aromatic N) is 1. The first-order valence-electron chi connectivity index (χ1n) is 7.57. The number of carbonyl (C=O) groups excluding carboxylic acids is 3. The van der Waals surface area contributed by atoms with E-state index in [1.807, 2.05) is 26.0 Å². The quantitative estimate of drug-likeness (QED) is 0.777. The minimum Gasteiger partial charge on any atom is -0.352 e. The van der Waals surface area contributed by atoms with E-state index in [1.165, 1.54) is 6.92 Å². The van der Waals surface area contributed by atoms with Crippen LogP contribution in [0.4, 0.5) is 16.2 Å². The van der Waals surface area contributed by atoms with E-state index in [9.17, 15) is 14.4 Å². The van der Waals surface area contributed by atoms with Gasteiger partial charge in [0.05, 0.1) is 0 Å². The highest BCUT2D eigenvalue weighted by atomic mass is 16.2. The molecule has 0 saturated carbocycles. The summed E-state index contributed by atoms with van der Waals surface area (Å²) in [5.41, 5.74) is 7.64. The highest BCUT2D eigenvalue weighted by Gasteiger charge is 2.25.